The van der Waals surface area contributed by atoms with Gasteiger partial charge in [-0.25, -0.2) is 9.37 Å². The number of carbonyl (C=O) groups is 3. The van der Waals surface area contributed by atoms with E-state index >= 15 is 0 Å². The molecule has 0 atom stereocenters. The van der Waals surface area contributed by atoms with Crippen LogP contribution in [-0.4, -0.2) is 77.3 Å². The summed E-state index contributed by atoms with van der Waals surface area (Å²) in [5.74, 6) is -2.77. The number of imidazole rings is 1. The van der Waals surface area contributed by atoms with E-state index in [2.05, 4.69) is 15.3 Å². The van der Waals surface area contributed by atoms with Gasteiger partial charge in [0.1, 0.15) is 0 Å². The highest BCUT2D eigenvalue weighted by molar-refractivity contribution is 6.34. The Morgan fingerprint density at radius 1 is 1.12 bits per heavy atom. The lowest BCUT2D eigenvalue weighted by Gasteiger charge is -2.42. The van der Waals surface area contributed by atoms with Gasteiger partial charge in [0.05, 0.1) is 17.7 Å². The molecule has 1 aromatic heterocycles. The summed E-state index contributed by atoms with van der Waals surface area (Å²) < 4.78 is 33.1. The van der Waals surface area contributed by atoms with Crippen molar-refractivity contribution < 1.29 is 27.9 Å². The van der Waals surface area contributed by atoms with Crippen LogP contribution in [0.15, 0.2) is 36.5 Å². The highest BCUT2D eigenvalue weighted by Crippen LogP contribution is 2.28. The summed E-state index contributed by atoms with van der Waals surface area (Å²) in [6.45, 7) is 2.90. The molecule has 222 valence electrons. The Hall–Kier alpha value is -4.03. The zero-order chi connectivity index (χ0) is 30.0. The molecule has 0 unspecified atom stereocenters. The van der Waals surface area contributed by atoms with Gasteiger partial charge in [-0.2, -0.15) is 4.39 Å². The van der Waals surface area contributed by atoms with E-state index in [-0.39, 0.29) is 46.3 Å². The molecule has 3 heterocycles. The van der Waals surface area contributed by atoms with Gasteiger partial charge in [0.25, 0.3) is 11.8 Å². The molecule has 5 rings (SSSR count). The molecule has 0 saturated carbocycles. The first-order valence-corrected chi connectivity index (χ1v) is 14.0. The molecular formula is C29H31ClF2N6O4. The SMILES string of the molecule is COc1ccc(Cc2cnc(C(=O)Nc3ccc(C(=O)N4CCC(C(=O)N5CC(CN)C5)CC4)c(Cl)c3)[nH]2)c(F)c1F. The van der Waals surface area contributed by atoms with Crippen molar-refractivity contribution in [1.29, 1.82) is 0 Å². The first kappa shape index (κ1) is 29.5. The summed E-state index contributed by atoms with van der Waals surface area (Å²) in [7, 11) is 1.25. The van der Waals surface area contributed by atoms with Crippen molar-refractivity contribution in [3.05, 3.63) is 75.8 Å². The number of aromatic amines is 1. The number of methoxy groups -OCH3 is 1. The Kier molecular flexibility index (Phi) is 8.74. The third kappa shape index (κ3) is 6.09. The van der Waals surface area contributed by atoms with Crippen LogP contribution in [0.1, 0.15) is 45.1 Å². The van der Waals surface area contributed by atoms with Crippen LogP contribution in [-0.2, 0) is 11.2 Å². The Morgan fingerprint density at radius 2 is 1.86 bits per heavy atom. The number of hydrogen-bond donors (Lipinski definition) is 3. The highest BCUT2D eigenvalue weighted by atomic mass is 35.5. The van der Waals surface area contributed by atoms with Crippen molar-refractivity contribution in [3.8, 4) is 5.75 Å². The average molecular weight is 601 g/mol. The number of benzene rings is 2. The molecular weight excluding hydrogens is 570 g/mol. The molecule has 0 bridgehead atoms. The molecule has 3 aromatic rings. The van der Waals surface area contributed by atoms with Crippen molar-refractivity contribution in [3.63, 3.8) is 0 Å². The number of likely N-dealkylation sites (tertiary alicyclic amines) is 2. The Bertz CT molecular complexity index is 1500. The van der Waals surface area contributed by atoms with E-state index < -0.39 is 17.5 Å². The number of nitrogens with two attached hydrogens (primary N) is 1. The number of carbonyl (C=O) groups excluding carboxylic acids is 3. The highest BCUT2D eigenvalue weighted by Gasteiger charge is 2.36. The fourth-order valence-electron chi connectivity index (χ4n) is 5.25. The number of nitrogens with zero attached hydrogens (tertiary/aromatic N) is 3. The molecule has 42 heavy (non-hydrogen) atoms. The Morgan fingerprint density at radius 3 is 2.52 bits per heavy atom. The second kappa shape index (κ2) is 12.5. The molecule has 2 aliphatic heterocycles. The van der Waals surface area contributed by atoms with Gasteiger partial charge in [-0.05, 0) is 49.2 Å². The summed E-state index contributed by atoms with van der Waals surface area (Å²) in [5, 5.41) is 2.83. The molecule has 2 saturated heterocycles. The lowest BCUT2D eigenvalue weighted by molar-refractivity contribution is -0.143. The Balaban J connectivity index is 1.15. The predicted molar refractivity (Wildman–Crippen MR) is 151 cm³/mol. The van der Waals surface area contributed by atoms with Crippen LogP contribution in [0.5, 0.6) is 5.75 Å². The van der Waals surface area contributed by atoms with E-state index in [1.165, 1.54) is 31.5 Å². The molecule has 4 N–H and O–H groups in total. The van der Waals surface area contributed by atoms with Crippen molar-refractivity contribution in [2.24, 2.45) is 17.6 Å². The van der Waals surface area contributed by atoms with Crippen LogP contribution in [0.25, 0.3) is 0 Å². The fraction of sp³-hybridized carbons (Fsp3) is 0.379. The van der Waals surface area contributed by atoms with Crippen molar-refractivity contribution >= 4 is 35.0 Å². The van der Waals surface area contributed by atoms with Gasteiger partial charge in [0.15, 0.2) is 17.4 Å². The molecule has 2 fully saturated rings. The summed E-state index contributed by atoms with van der Waals surface area (Å²) in [6, 6.07) is 7.30. The average Bonchev–Trinajstić information content (AvgIpc) is 3.44. The third-order valence-corrected chi connectivity index (χ3v) is 8.07. The lowest BCUT2D eigenvalue weighted by atomic mass is 9.91. The molecule has 2 aliphatic rings. The Labute approximate surface area is 246 Å². The van der Waals surface area contributed by atoms with Crippen LogP contribution in [0, 0.1) is 23.5 Å². The molecule has 0 spiro atoms. The molecule has 0 radical (unpaired) electrons. The number of nitrogens with one attached hydrogen (secondary N) is 2. The molecule has 10 nitrogen and oxygen atoms in total. The maximum absolute atomic E-state index is 14.3. The van der Waals surface area contributed by atoms with Crippen molar-refractivity contribution in [2.75, 3.05) is 45.2 Å². The predicted octanol–water partition coefficient (Wildman–Crippen LogP) is 3.46. The van der Waals surface area contributed by atoms with Crippen molar-refractivity contribution in [1.82, 2.24) is 19.8 Å². The number of anilines is 1. The van der Waals surface area contributed by atoms with Crippen LogP contribution in [0.2, 0.25) is 5.02 Å². The van der Waals surface area contributed by atoms with E-state index in [0.29, 0.717) is 68.4 Å². The minimum Gasteiger partial charge on any atom is -0.494 e. The number of amides is 3. The van der Waals surface area contributed by atoms with Gasteiger partial charge < -0.3 is 30.6 Å². The van der Waals surface area contributed by atoms with Gasteiger partial charge in [0.2, 0.25) is 11.7 Å². The van der Waals surface area contributed by atoms with Crippen LogP contribution in [0.3, 0.4) is 0 Å². The first-order valence-electron chi connectivity index (χ1n) is 13.6. The zero-order valence-corrected chi connectivity index (χ0v) is 23.7. The molecule has 3 amide bonds. The smallest absolute Gasteiger partial charge is 0.291 e. The number of piperidine rings is 1. The quantitative estimate of drug-likeness (QED) is 0.363. The van der Waals surface area contributed by atoms with Crippen LogP contribution >= 0.6 is 11.6 Å². The minimum absolute atomic E-state index is 0.0198. The summed E-state index contributed by atoms with van der Waals surface area (Å²) in [6.07, 6.45) is 2.52. The van der Waals surface area contributed by atoms with Crippen molar-refractivity contribution in [2.45, 2.75) is 19.3 Å². The summed E-state index contributed by atoms with van der Waals surface area (Å²) in [4.78, 5) is 48.9. The van der Waals surface area contributed by atoms with Gasteiger partial charge in [-0.1, -0.05) is 17.7 Å². The third-order valence-electron chi connectivity index (χ3n) is 7.76. The fourth-order valence-corrected chi connectivity index (χ4v) is 5.51. The number of ether oxygens (including phenoxy) is 1. The normalized spacial score (nSPS) is 15.8. The van der Waals surface area contributed by atoms with E-state index in [0.717, 1.165) is 0 Å². The number of rotatable bonds is 8. The van der Waals surface area contributed by atoms with E-state index in [4.69, 9.17) is 22.1 Å². The second-order valence-corrected chi connectivity index (χ2v) is 11.0. The second-order valence-electron chi connectivity index (χ2n) is 10.5. The first-order chi connectivity index (χ1) is 20.2. The summed E-state index contributed by atoms with van der Waals surface area (Å²) in [5.41, 5.74) is 6.76. The van der Waals surface area contributed by atoms with Gasteiger partial charge >= 0.3 is 0 Å². The van der Waals surface area contributed by atoms with Gasteiger partial charge in [-0.3, -0.25) is 14.4 Å². The van der Waals surface area contributed by atoms with Crippen LogP contribution in [0.4, 0.5) is 14.5 Å². The zero-order valence-electron chi connectivity index (χ0n) is 23.0. The number of halogens is 3. The van der Waals surface area contributed by atoms with Crippen LogP contribution < -0.4 is 15.8 Å². The van der Waals surface area contributed by atoms with Gasteiger partial charge in [0, 0.05) is 62.0 Å². The maximum atomic E-state index is 14.3. The van der Waals surface area contributed by atoms with E-state index in [1.54, 1.807) is 17.0 Å². The van der Waals surface area contributed by atoms with E-state index in [9.17, 15) is 23.2 Å². The molecule has 13 heteroatoms. The summed E-state index contributed by atoms with van der Waals surface area (Å²) >= 11 is 6.42. The topological polar surface area (TPSA) is 134 Å². The van der Waals surface area contributed by atoms with E-state index in [1.807, 2.05) is 4.90 Å². The molecule has 0 aliphatic carbocycles. The lowest BCUT2D eigenvalue weighted by Crippen LogP contribution is -2.55. The standard InChI is InChI=1S/C29H31ClF2N6O4/c1-42-23-5-2-18(24(31)25(23)32)10-20-13-34-26(35-20)27(39)36-19-3-4-21(22(30)11-19)29(41)37-8-6-17(7-9-37)28(40)38-14-16(12-33)15-38/h2-5,11,13,16-17H,6-10,12,14-15,33H2,1H3,(H,34,35)(H,36,39). The number of hydrogen-bond acceptors (Lipinski definition) is 6. The monoisotopic (exact) mass is 600 g/mol. The largest absolute Gasteiger partial charge is 0.494 e. The number of H-pyrrole nitrogens is 1. The maximum Gasteiger partial charge on any atom is 0.291 e. The minimum atomic E-state index is -1.09. The van der Waals surface area contributed by atoms with Gasteiger partial charge in [-0.15, -0.1) is 0 Å². The number of aromatic nitrogens is 2. The molecule has 2 aromatic carbocycles.